The van der Waals surface area contributed by atoms with E-state index in [-0.39, 0.29) is 11.7 Å². The highest BCUT2D eigenvalue weighted by molar-refractivity contribution is 6.31. The molecular weight excluding hydrogens is 271 g/mol. The number of Topliss-reactive ketones (excluding diaryl/α,β-unsaturated/α-hetero) is 1. The minimum atomic E-state index is -0.168. The lowest BCUT2D eigenvalue weighted by Crippen LogP contribution is -2.04. The lowest BCUT2D eigenvalue weighted by atomic mass is 10.2. The van der Waals surface area contributed by atoms with Gasteiger partial charge in [-0.05, 0) is 32.0 Å². The number of aromatic nitrogens is 2. The number of imidazole rings is 1. The average Bonchev–Trinajstić information content (AvgIpc) is 2.64. The molecule has 18 heavy (non-hydrogen) atoms. The molecule has 0 radical (unpaired) electrons. The monoisotopic (exact) mass is 282 g/mol. The van der Waals surface area contributed by atoms with Gasteiger partial charge in [0.2, 0.25) is 0 Å². The van der Waals surface area contributed by atoms with Crippen LogP contribution in [0.25, 0.3) is 5.69 Å². The number of aryl methyl sites for hydroxylation is 1. The molecule has 2 rings (SSSR count). The number of alkyl halides is 1. The van der Waals surface area contributed by atoms with Gasteiger partial charge in [0.1, 0.15) is 11.5 Å². The van der Waals surface area contributed by atoms with Crippen LogP contribution in [0.3, 0.4) is 0 Å². The third kappa shape index (κ3) is 2.28. The van der Waals surface area contributed by atoms with Crippen molar-refractivity contribution in [1.29, 1.82) is 0 Å². The van der Waals surface area contributed by atoms with E-state index < -0.39 is 0 Å². The van der Waals surface area contributed by atoms with Crippen molar-refractivity contribution in [1.82, 2.24) is 9.55 Å². The lowest BCUT2D eigenvalue weighted by molar-refractivity contribution is 0.101. The summed E-state index contributed by atoms with van der Waals surface area (Å²) in [5.41, 5.74) is 2.08. The first-order valence-electron chi connectivity index (χ1n) is 5.45. The van der Waals surface area contributed by atoms with Gasteiger partial charge >= 0.3 is 0 Å². The number of halogens is 2. The van der Waals surface area contributed by atoms with E-state index in [9.17, 15) is 4.79 Å². The van der Waals surface area contributed by atoms with Crippen molar-refractivity contribution in [2.75, 3.05) is 5.88 Å². The second kappa shape index (κ2) is 5.12. The number of hydrogen-bond donors (Lipinski definition) is 0. The maximum atomic E-state index is 11.7. The maximum Gasteiger partial charge on any atom is 0.197 e. The van der Waals surface area contributed by atoms with Gasteiger partial charge in [-0.2, -0.15) is 0 Å². The summed E-state index contributed by atoms with van der Waals surface area (Å²) in [6.45, 7) is 3.69. The van der Waals surface area contributed by atoms with Crippen LogP contribution in [0, 0.1) is 13.8 Å². The first-order valence-corrected chi connectivity index (χ1v) is 6.37. The molecule has 2 aromatic rings. The van der Waals surface area contributed by atoms with Crippen LogP contribution >= 0.6 is 23.2 Å². The third-order valence-electron chi connectivity index (χ3n) is 2.73. The zero-order chi connectivity index (χ0) is 13.3. The Kier molecular flexibility index (Phi) is 3.73. The van der Waals surface area contributed by atoms with Gasteiger partial charge in [-0.15, -0.1) is 11.6 Å². The molecule has 0 aliphatic rings. The summed E-state index contributed by atoms with van der Waals surface area (Å²) in [6, 6.07) is 7.41. The Hall–Kier alpha value is -1.32. The fourth-order valence-electron chi connectivity index (χ4n) is 1.96. The molecule has 0 saturated heterocycles. The van der Waals surface area contributed by atoms with E-state index in [1.807, 2.05) is 36.6 Å². The fourth-order valence-corrected chi connectivity index (χ4v) is 2.28. The zero-order valence-corrected chi connectivity index (χ0v) is 11.6. The van der Waals surface area contributed by atoms with E-state index in [4.69, 9.17) is 23.2 Å². The van der Waals surface area contributed by atoms with Gasteiger partial charge in [0, 0.05) is 10.7 Å². The fraction of sp³-hybridized carbons (Fsp3) is 0.231. The molecule has 0 aliphatic carbocycles. The second-order valence-electron chi connectivity index (χ2n) is 3.97. The SMILES string of the molecule is Cc1nc(C(=O)CCl)c(C)n1-c1cccc(Cl)c1. The minimum absolute atomic E-state index is 0.0627. The van der Waals surface area contributed by atoms with Crippen molar-refractivity contribution in [3.8, 4) is 5.69 Å². The molecular formula is C13H12Cl2N2O. The summed E-state index contributed by atoms with van der Waals surface area (Å²) < 4.78 is 1.89. The summed E-state index contributed by atoms with van der Waals surface area (Å²) in [7, 11) is 0. The normalized spacial score (nSPS) is 10.7. The Bertz CT molecular complexity index is 605. The Morgan fingerprint density at radius 2 is 2.11 bits per heavy atom. The van der Waals surface area contributed by atoms with Gasteiger partial charge in [0.25, 0.3) is 0 Å². The first-order chi connectivity index (χ1) is 8.54. The molecule has 3 nitrogen and oxygen atoms in total. The summed E-state index contributed by atoms with van der Waals surface area (Å²) in [5, 5.41) is 0.644. The van der Waals surface area contributed by atoms with Gasteiger partial charge in [-0.25, -0.2) is 4.98 Å². The van der Waals surface area contributed by atoms with Gasteiger partial charge < -0.3 is 4.57 Å². The van der Waals surface area contributed by atoms with Crippen molar-refractivity contribution in [3.05, 3.63) is 46.5 Å². The number of carbonyl (C=O) groups excluding carboxylic acids is 1. The second-order valence-corrected chi connectivity index (χ2v) is 4.67. The molecule has 0 unspecified atom stereocenters. The Labute approximate surface area is 115 Å². The molecule has 0 saturated carbocycles. The molecule has 0 fully saturated rings. The van der Waals surface area contributed by atoms with Crippen molar-refractivity contribution >= 4 is 29.0 Å². The van der Waals surface area contributed by atoms with Crippen molar-refractivity contribution in [2.24, 2.45) is 0 Å². The molecule has 5 heteroatoms. The van der Waals surface area contributed by atoms with Crippen LogP contribution in [0.1, 0.15) is 22.0 Å². The Morgan fingerprint density at radius 1 is 1.39 bits per heavy atom. The summed E-state index contributed by atoms with van der Waals surface area (Å²) in [5.74, 6) is 0.508. The molecule has 0 aliphatic heterocycles. The van der Waals surface area contributed by atoms with E-state index >= 15 is 0 Å². The number of hydrogen-bond acceptors (Lipinski definition) is 2. The van der Waals surface area contributed by atoms with E-state index in [1.54, 1.807) is 6.07 Å². The van der Waals surface area contributed by atoms with Gasteiger partial charge in [-0.1, -0.05) is 17.7 Å². The molecule has 0 N–H and O–H groups in total. The molecule has 1 aromatic carbocycles. The van der Waals surface area contributed by atoms with Gasteiger partial charge in [0.05, 0.1) is 11.6 Å². The van der Waals surface area contributed by atoms with Gasteiger partial charge in [-0.3, -0.25) is 4.79 Å². The highest BCUT2D eigenvalue weighted by atomic mass is 35.5. The number of nitrogens with zero attached hydrogens (tertiary/aromatic N) is 2. The molecule has 94 valence electrons. The summed E-state index contributed by atoms with van der Waals surface area (Å²) in [6.07, 6.45) is 0. The third-order valence-corrected chi connectivity index (χ3v) is 3.21. The quantitative estimate of drug-likeness (QED) is 0.637. The Morgan fingerprint density at radius 3 is 2.72 bits per heavy atom. The van der Waals surface area contributed by atoms with E-state index in [0.717, 1.165) is 17.2 Å². The molecule has 1 aromatic heterocycles. The van der Waals surface area contributed by atoms with E-state index in [1.165, 1.54) is 0 Å². The largest absolute Gasteiger partial charge is 0.300 e. The standard InChI is InChI=1S/C13H12Cl2N2O/c1-8-13(12(18)7-14)16-9(2)17(8)11-5-3-4-10(15)6-11/h3-6H,7H2,1-2H3. The van der Waals surface area contributed by atoms with Crippen LogP contribution in [-0.4, -0.2) is 21.2 Å². The molecule has 1 heterocycles. The average molecular weight is 283 g/mol. The predicted octanol–water partition coefficient (Wildman–Crippen LogP) is 3.56. The zero-order valence-electron chi connectivity index (χ0n) is 10.1. The number of ketones is 1. The Balaban J connectivity index is 2.59. The summed E-state index contributed by atoms with van der Waals surface area (Å²) >= 11 is 11.5. The van der Waals surface area contributed by atoms with Crippen LogP contribution in [0.5, 0.6) is 0 Å². The van der Waals surface area contributed by atoms with Crippen LogP contribution in [0.15, 0.2) is 24.3 Å². The molecule has 0 amide bonds. The highest BCUT2D eigenvalue weighted by Crippen LogP contribution is 2.21. The van der Waals surface area contributed by atoms with Crippen molar-refractivity contribution < 1.29 is 4.79 Å². The lowest BCUT2D eigenvalue weighted by Gasteiger charge is -2.08. The molecule has 0 spiro atoms. The smallest absolute Gasteiger partial charge is 0.197 e. The van der Waals surface area contributed by atoms with Crippen LogP contribution in [0.4, 0.5) is 0 Å². The van der Waals surface area contributed by atoms with Crippen LogP contribution in [0.2, 0.25) is 5.02 Å². The van der Waals surface area contributed by atoms with Crippen molar-refractivity contribution in [3.63, 3.8) is 0 Å². The van der Waals surface area contributed by atoms with E-state index in [0.29, 0.717) is 10.7 Å². The minimum Gasteiger partial charge on any atom is -0.300 e. The maximum absolute atomic E-state index is 11.7. The van der Waals surface area contributed by atoms with Crippen molar-refractivity contribution in [2.45, 2.75) is 13.8 Å². The van der Waals surface area contributed by atoms with Crippen LogP contribution in [-0.2, 0) is 0 Å². The molecule has 0 atom stereocenters. The number of rotatable bonds is 3. The highest BCUT2D eigenvalue weighted by Gasteiger charge is 2.17. The predicted molar refractivity (Wildman–Crippen MR) is 73.1 cm³/mol. The topological polar surface area (TPSA) is 34.9 Å². The first kappa shape index (κ1) is 13.1. The van der Waals surface area contributed by atoms with Crippen LogP contribution < -0.4 is 0 Å². The number of carbonyl (C=O) groups is 1. The molecule has 0 bridgehead atoms. The summed E-state index contributed by atoms with van der Waals surface area (Å²) in [4.78, 5) is 15.9. The van der Waals surface area contributed by atoms with E-state index in [2.05, 4.69) is 4.98 Å². The van der Waals surface area contributed by atoms with Gasteiger partial charge in [0.15, 0.2) is 5.78 Å². The number of benzene rings is 1.